The lowest BCUT2D eigenvalue weighted by Crippen LogP contribution is -2.40. The number of hydrogen-bond donors (Lipinski definition) is 0. The Bertz CT molecular complexity index is 891. The fourth-order valence-corrected chi connectivity index (χ4v) is 4.51. The molecular weight excluding hydrogens is 366 g/mol. The Morgan fingerprint density at radius 2 is 1.73 bits per heavy atom. The first-order valence-corrected chi connectivity index (χ1v) is 12.9. The van der Waals surface area contributed by atoms with Crippen molar-refractivity contribution in [2.45, 2.75) is 57.3 Å². The Labute approximate surface area is 157 Å². The van der Waals surface area contributed by atoms with Crippen LogP contribution in [-0.4, -0.2) is 27.0 Å². The molecule has 0 saturated carbocycles. The summed E-state index contributed by atoms with van der Waals surface area (Å²) in [5.41, 5.74) is 1.74. The minimum absolute atomic E-state index is 0.0526. The van der Waals surface area contributed by atoms with E-state index in [0.717, 1.165) is 9.54 Å². The van der Waals surface area contributed by atoms with Gasteiger partial charge in [0, 0.05) is 6.20 Å². The first kappa shape index (κ1) is 20.6. The van der Waals surface area contributed by atoms with Crippen molar-refractivity contribution in [3.05, 3.63) is 53.3 Å². The molecule has 26 heavy (non-hydrogen) atoms. The molecule has 0 bridgehead atoms. The monoisotopic (exact) mass is 393 g/mol. The molecule has 142 valence electrons. The molecule has 0 radical (unpaired) electrons. The highest BCUT2D eigenvalue weighted by atomic mass is 32.2. The fourth-order valence-electron chi connectivity index (χ4n) is 2.19. The molecule has 0 unspecified atom stereocenters. The maximum absolute atomic E-state index is 12.9. The topological polar surface area (TPSA) is 65.4 Å². The average molecular weight is 394 g/mol. The van der Waals surface area contributed by atoms with E-state index < -0.39 is 18.3 Å². The van der Waals surface area contributed by atoms with Crippen LogP contribution in [0.4, 0.5) is 0 Å². The SMILES string of the molecule is Cc1ccc(S(=O)(=O)n2cc(CO[Si](C)(C)C(C)(C)C)cc2C=O)cc1. The third-order valence-corrected chi connectivity index (χ3v) is 11.2. The third-order valence-electron chi connectivity index (χ3n) is 4.98. The normalized spacial score (nSPS) is 13.0. The molecule has 2 aromatic rings. The van der Waals surface area contributed by atoms with Gasteiger partial charge in [0.15, 0.2) is 14.6 Å². The third kappa shape index (κ3) is 4.16. The fraction of sp³-hybridized carbons (Fsp3) is 0.421. The predicted octanol–water partition coefficient (Wildman–Crippen LogP) is 4.37. The zero-order valence-electron chi connectivity index (χ0n) is 16.2. The number of aldehydes is 1. The number of benzene rings is 1. The van der Waals surface area contributed by atoms with Crippen molar-refractivity contribution in [3.8, 4) is 0 Å². The summed E-state index contributed by atoms with van der Waals surface area (Å²) in [4.78, 5) is 11.6. The van der Waals surface area contributed by atoms with Gasteiger partial charge in [-0.1, -0.05) is 38.5 Å². The smallest absolute Gasteiger partial charge is 0.268 e. The van der Waals surface area contributed by atoms with E-state index in [0.29, 0.717) is 11.8 Å². The van der Waals surface area contributed by atoms with Crippen LogP contribution in [0, 0.1) is 6.92 Å². The van der Waals surface area contributed by atoms with E-state index in [1.54, 1.807) is 30.3 Å². The standard InChI is InChI=1S/C19H27NO4SSi/c1-15-7-9-18(10-8-15)25(22,23)20-12-16(11-17(20)13-21)14-24-26(5,6)19(2,3)4/h7-13H,14H2,1-6H3. The van der Waals surface area contributed by atoms with Gasteiger partial charge in [-0.05, 0) is 48.8 Å². The highest BCUT2D eigenvalue weighted by Gasteiger charge is 2.37. The summed E-state index contributed by atoms with van der Waals surface area (Å²) < 4.78 is 32.9. The summed E-state index contributed by atoms with van der Waals surface area (Å²) in [5.74, 6) is 0. The van der Waals surface area contributed by atoms with Crippen LogP contribution in [0.15, 0.2) is 41.4 Å². The molecule has 0 fully saturated rings. The number of rotatable bonds is 6. The molecule has 0 amide bonds. The Hall–Kier alpha value is -1.70. The quantitative estimate of drug-likeness (QED) is 0.540. The van der Waals surface area contributed by atoms with Crippen LogP contribution in [0.25, 0.3) is 0 Å². The van der Waals surface area contributed by atoms with Crippen LogP contribution < -0.4 is 0 Å². The van der Waals surface area contributed by atoms with Gasteiger partial charge in [-0.3, -0.25) is 4.79 Å². The number of nitrogens with zero attached hydrogens (tertiary/aromatic N) is 1. The summed E-state index contributed by atoms with van der Waals surface area (Å²) in [7, 11) is -5.79. The Kier molecular flexibility index (Phi) is 5.65. The van der Waals surface area contributed by atoms with E-state index in [-0.39, 0.29) is 22.2 Å². The zero-order valence-corrected chi connectivity index (χ0v) is 18.1. The number of carbonyl (C=O) groups excluding carboxylic acids is 1. The van der Waals surface area contributed by atoms with Gasteiger partial charge in [-0.2, -0.15) is 0 Å². The van der Waals surface area contributed by atoms with Crippen molar-refractivity contribution in [2.24, 2.45) is 0 Å². The minimum Gasteiger partial charge on any atom is -0.413 e. The number of hydrogen-bond acceptors (Lipinski definition) is 4. The van der Waals surface area contributed by atoms with Crippen LogP contribution >= 0.6 is 0 Å². The first-order chi connectivity index (χ1) is 11.9. The molecule has 0 spiro atoms. The lowest BCUT2D eigenvalue weighted by Gasteiger charge is -2.36. The summed E-state index contributed by atoms with van der Waals surface area (Å²) >= 11 is 0. The van der Waals surface area contributed by atoms with Crippen LogP contribution in [0.5, 0.6) is 0 Å². The van der Waals surface area contributed by atoms with Crippen molar-refractivity contribution < 1.29 is 17.6 Å². The molecular formula is C19H27NO4SSi. The average Bonchev–Trinajstić information content (AvgIpc) is 2.96. The van der Waals surface area contributed by atoms with Crippen LogP contribution in [0.2, 0.25) is 18.1 Å². The van der Waals surface area contributed by atoms with Gasteiger partial charge in [0.2, 0.25) is 0 Å². The summed E-state index contributed by atoms with van der Waals surface area (Å²) in [5, 5.41) is 0.0526. The van der Waals surface area contributed by atoms with E-state index >= 15 is 0 Å². The van der Waals surface area contributed by atoms with Crippen LogP contribution in [-0.2, 0) is 21.1 Å². The molecule has 1 aromatic carbocycles. The number of aryl methyl sites for hydroxylation is 1. The molecule has 0 saturated heterocycles. The van der Waals surface area contributed by atoms with Crippen molar-refractivity contribution in [2.75, 3.05) is 0 Å². The minimum atomic E-state index is -3.82. The molecule has 7 heteroatoms. The highest BCUT2D eigenvalue weighted by Crippen LogP contribution is 2.37. The van der Waals surface area contributed by atoms with E-state index in [1.807, 2.05) is 6.92 Å². The summed E-state index contributed by atoms with van der Waals surface area (Å²) in [6.45, 7) is 12.9. The summed E-state index contributed by atoms with van der Waals surface area (Å²) in [6.07, 6.45) is 2.04. The van der Waals surface area contributed by atoms with Crippen LogP contribution in [0.1, 0.15) is 42.4 Å². The van der Waals surface area contributed by atoms with Crippen molar-refractivity contribution in [3.63, 3.8) is 0 Å². The Balaban J connectivity index is 2.34. The van der Waals surface area contributed by atoms with E-state index in [9.17, 15) is 13.2 Å². The van der Waals surface area contributed by atoms with Crippen LogP contribution in [0.3, 0.4) is 0 Å². The molecule has 0 aliphatic rings. The molecule has 5 nitrogen and oxygen atoms in total. The van der Waals surface area contributed by atoms with Gasteiger partial charge in [0.05, 0.1) is 17.2 Å². The highest BCUT2D eigenvalue weighted by molar-refractivity contribution is 7.90. The van der Waals surface area contributed by atoms with Gasteiger partial charge in [-0.15, -0.1) is 0 Å². The van der Waals surface area contributed by atoms with E-state index in [1.165, 1.54) is 6.20 Å². The lowest BCUT2D eigenvalue weighted by atomic mass is 10.2. The Morgan fingerprint density at radius 3 is 2.23 bits per heavy atom. The molecule has 2 rings (SSSR count). The second-order valence-electron chi connectivity index (χ2n) is 8.05. The number of carbonyl (C=O) groups is 1. The second kappa shape index (κ2) is 7.13. The van der Waals surface area contributed by atoms with Gasteiger partial charge < -0.3 is 4.43 Å². The predicted molar refractivity (Wildman–Crippen MR) is 106 cm³/mol. The molecule has 0 N–H and O–H groups in total. The largest absolute Gasteiger partial charge is 0.413 e. The molecule has 0 aliphatic carbocycles. The molecule has 0 atom stereocenters. The van der Waals surface area contributed by atoms with Crippen molar-refractivity contribution in [1.29, 1.82) is 0 Å². The number of aromatic nitrogens is 1. The lowest BCUT2D eigenvalue weighted by molar-refractivity contribution is 0.111. The maximum Gasteiger partial charge on any atom is 0.268 e. The van der Waals surface area contributed by atoms with Gasteiger partial charge >= 0.3 is 0 Å². The Morgan fingerprint density at radius 1 is 1.15 bits per heavy atom. The van der Waals surface area contributed by atoms with Gasteiger partial charge in [0.25, 0.3) is 10.0 Å². The zero-order chi connectivity index (χ0) is 19.8. The second-order valence-corrected chi connectivity index (χ2v) is 14.7. The first-order valence-electron chi connectivity index (χ1n) is 8.51. The van der Waals surface area contributed by atoms with Crippen molar-refractivity contribution >= 4 is 24.6 Å². The van der Waals surface area contributed by atoms with Crippen molar-refractivity contribution in [1.82, 2.24) is 3.97 Å². The van der Waals surface area contributed by atoms with Gasteiger partial charge in [-0.25, -0.2) is 12.4 Å². The van der Waals surface area contributed by atoms with Gasteiger partial charge in [0.1, 0.15) is 0 Å². The maximum atomic E-state index is 12.9. The molecule has 0 aliphatic heterocycles. The summed E-state index contributed by atoms with van der Waals surface area (Å²) in [6, 6.07) is 8.14. The van der Waals surface area contributed by atoms with E-state index in [4.69, 9.17) is 4.43 Å². The van der Waals surface area contributed by atoms with E-state index in [2.05, 4.69) is 33.9 Å². The molecule has 1 aromatic heterocycles. The molecule has 1 heterocycles.